The van der Waals surface area contributed by atoms with Crippen LogP contribution in [0.15, 0.2) is 46.8 Å². The number of esters is 1. The van der Waals surface area contributed by atoms with E-state index in [2.05, 4.69) is 48.3 Å². The van der Waals surface area contributed by atoms with E-state index in [0.29, 0.717) is 25.0 Å². The van der Waals surface area contributed by atoms with Gasteiger partial charge in [-0.3, -0.25) is 4.79 Å². The fraction of sp³-hybridized carbons (Fsp3) is 0.500. The van der Waals surface area contributed by atoms with Crippen LogP contribution >= 0.6 is 0 Å². The number of nitrogens with one attached hydrogen (secondary N) is 1. The molecule has 0 fully saturated rings. The number of Topliss-reactive ketones (excluding diaryl/α,β-unsaturated/α-hetero) is 1. The van der Waals surface area contributed by atoms with Gasteiger partial charge < -0.3 is 15.0 Å². The first kappa shape index (κ1) is 21.2. The molecule has 1 heterocycles. The van der Waals surface area contributed by atoms with Gasteiger partial charge in [-0.25, -0.2) is 4.79 Å². The molecule has 0 amide bonds. The van der Waals surface area contributed by atoms with E-state index in [1.807, 2.05) is 13.8 Å². The highest BCUT2D eigenvalue weighted by molar-refractivity contribution is 6.03. The molecule has 2 aliphatic rings. The van der Waals surface area contributed by atoms with Crippen LogP contribution in [0.25, 0.3) is 0 Å². The summed E-state index contributed by atoms with van der Waals surface area (Å²) in [5.74, 6) is -0.563. The highest BCUT2D eigenvalue weighted by Gasteiger charge is 2.39. The van der Waals surface area contributed by atoms with Crippen molar-refractivity contribution >= 4 is 17.4 Å². The van der Waals surface area contributed by atoms with Gasteiger partial charge in [0.1, 0.15) is 0 Å². The molecule has 5 heteroatoms. The molecular weight excluding hydrogens is 364 g/mol. The maximum absolute atomic E-state index is 12.9. The van der Waals surface area contributed by atoms with Gasteiger partial charge in [-0.05, 0) is 57.7 Å². The highest BCUT2D eigenvalue weighted by atomic mass is 16.5. The Balaban J connectivity index is 2.11. The van der Waals surface area contributed by atoms with Crippen LogP contribution in [0.2, 0.25) is 0 Å². The lowest BCUT2D eigenvalue weighted by atomic mass is 9.75. The number of hydrogen-bond donors (Lipinski definition) is 1. The first-order valence-electron chi connectivity index (χ1n) is 10.8. The summed E-state index contributed by atoms with van der Waals surface area (Å²) in [6.45, 7) is 10.3. The van der Waals surface area contributed by atoms with E-state index in [1.165, 1.54) is 0 Å². The number of carbonyl (C=O) groups is 2. The van der Waals surface area contributed by atoms with Crippen molar-refractivity contribution in [2.75, 3.05) is 24.6 Å². The number of anilines is 1. The average molecular weight is 397 g/mol. The molecule has 29 heavy (non-hydrogen) atoms. The van der Waals surface area contributed by atoms with Crippen molar-refractivity contribution in [2.45, 2.75) is 59.3 Å². The number of ketones is 1. The van der Waals surface area contributed by atoms with Gasteiger partial charge in [-0.15, -0.1) is 0 Å². The number of ether oxygens (including phenoxy) is 1. The molecule has 0 unspecified atom stereocenters. The fourth-order valence-corrected chi connectivity index (χ4v) is 4.42. The number of allylic oxidation sites excluding steroid dienone is 3. The summed E-state index contributed by atoms with van der Waals surface area (Å²) in [5, 5.41) is 3.40. The van der Waals surface area contributed by atoms with Crippen LogP contribution in [0.3, 0.4) is 0 Å². The molecule has 5 nitrogen and oxygen atoms in total. The Morgan fingerprint density at radius 3 is 2.38 bits per heavy atom. The molecule has 156 valence electrons. The molecule has 1 aromatic carbocycles. The second-order valence-corrected chi connectivity index (χ2v) is 7.46. The van der Waals surface area contributed by atoms with Gasteiger partial charge in [-0.1, -0.05) is 19.1 Å². The minimum absolute atomic E-state index is 0.133. The zero-order chi connectivity index (χ0) is 21.0. The maximum atomic E-state index is 12.9. The van der Waals surface area contributed by atoms with E-state index in [1.54, 1.807) is 0 Å². The highest BCUT2D eigenvalue weighted by Crippen LogP contribution is 2.43. The van der Waals surface area contributed by atoms with Gasteiger partial charge in [0.25, 0.3) is 0 Å². The molecule has 1 aliphatic carbocycles. The summed E-state index contributed by atoms with van der Waals surface area (Å²) in [6.07, 6.45) is 2.91. The lowest BCUT2D eigenvalue weighted by Crippen LogP contribution is -2.35. The van der Waals surface area contributed by atoms with E-state index in [0.717, 1.165) is 54.1 Å². The zero-order valence-electron chi connectivity index (χ0n) is 18.0. The minimum atomic E-state index is -0.362. The Morgan fingerprint density at radius 2 is 1.79 bits per heavy atom. The zero-order valence-corrected chi connectivity index (χ0v) is 18.0. The van der Waals surface area contributed by atoms with Crippen LogP contribution in [0.5, 0.6) is 0 Å². The van der Waals surface area contributed by atoms with Crippen molar-refractivity contribution in [3.63, 3.8) is 0 Å². The summed E-state index contributed by atoms with van der Waals surface area (Å²) in [5.41, 5.74) is 5.29. The second-order valence-electron chi connectivity index (χ2n) is 7.46. The van der Waals surface area contributed by atoms with Gasteiger partial charge >= 0.3 is 5.97 Å². The van der Waals surface area contributed by atoms with Gasteiger partial charge in [0, 0.05) is 48.1 Å². The van der Waals surface area contributed by atoms with Gasteiger partial charge in [0.2, 0.25) is 0 Å². The molecule has 1 atom stereocenters. The predicted octanol–water partition coefficient (Wildman–Crippen LogP) is 4.45. The molecule has 0 saturated heterocycles. The molecule has 1 aromatic rings. The number of nitrogens with zero attached hydrogens (tertiary/aromatic N) is 1. The third kappa shape index (κ3) is 4.09. The minimum Gasteiger partial charge on any atom is -0.463 e. The SMILES string of the molecule is CCOC(=O)C1=C(CC)NC2=C(C(=O)CCC2)[C@H]1c1ccc(N(CC)CC)cc1. The molecule has 1 aliphatic heterocycles. The Morgan fingerprint density at radius 1 is 1.10 bits per heavy atom. The molecule has 0 saturated carbocycles. The first-order chi connectivity index (χ1) is 14.0. The molecule has 3 rings (SSSR count). The third-order valence-corrected chi connectivity index (χ3v) is 5.86. The van der Waals surface area contributed by atoms with Gasteiger partial charge in [0.05, 0.1) is 12.2 Å². The van der Waals surface area contributed by atoms with Crippen molar-refractivity contribution < 1.29 is 14.3 Å². The maximum Gasteiger partial charge on any atom is 0.336 e. The van der Waals surface area contributed by atoms with E-state index < -0.39 is 0 Å². The normalized spacial score (nSPS) is 19.0. The summed E-state index contributed by atoms with van der Waals surface area (Å²) in [6, 6.07) is 8.30. The summed E-state index contributed by atoms with van der Waals surface area (Å²) < 4.78 is 5.40. The molecule has 0 radical (unpaired) electrons. The largest absolute Gasteiger partial charge is 0.463 e. The Hall–Kier alpha value is -2.56. The van der Waals surface area contributed by atoms with Crippen molar-refractivity contribution in [2.24, 2.45) is 0 Å². The molecule has 0 spiro atoms. The van der Waals surface area contributed by atoms with E-state index in [-0.39, 0.29) is 17.7 Å². The molecular formula is C24H32N2O3. The third-order valence-electron chi connectivity index (χ3n) is 5.86. The molecule has 1 N–H and O–H groups in total. The second kappa shape index (κ2) is 9.29. The Kier molecular flexibility index (Phi) is 6.78. The Labute approximate surface area is 173 Å². The number of rotatable bonds is 7. The van der Waals surface area contributed by atoms with Crippen molar-refractivity contribution in [3.05, 3.63) is 52.4 Å². The number of carbonyl (C=O) groups excluding carboxylic acids is 2. The van der Waals surface area contributed by atoms with E-state index in [9.17, 15) is 9.59 Å². The summed E-state index contributed by atoms with van der Waals surface area (Å²) in [7, 11) is 0. The fourth-order valence-electron chi connectivity index (χ4n) is 4.42. The van der Waals surface area contributed by atoms with Crippen molar-refractivity contribution in [1.82, 2.24) is 5.32 Å². The standard InChI is InChI=1S/C24H32N2O3/c1-5-18-23(24(28)29-8-4)21(22-19(25-18)10-9-11-20(22)27)16-12-14-17(15-13-16)26(6-2)7-3/h12-15,21,25H,5-11H2,1-4H3/t21-/m1/s1. The van der Waals surface area contributed by atoms with Gasteiger partial charge in [0.15, 0.2) is 5.78 Å². The monoisotopic (exact) mass is 396 g/mol. The molecule has 0 aromatic heterocycles. The van der Waals surface area contributed by atoms with Crippen LogP contribution in [0, 0.1) is 0 Å². The number of dihydropyridines is 1. The lowest BCUT2D eigenvalue weighted by molar-refractivity contribution is -0.138. The van der Waals surface area contributed by atoms with Crippen molar-refractivity contribution in [3.8, 4) is 0 Å². The number of hydrogen-bond acceptors (Lipinski definition) is 5. The molecule has 0 bridgehead atoms. The average Bonchev–Trinajstić information content (AvgIpc) is 2.74. The topological polar surface area (TPSA) is 58.6 Å². The smallest absolute Gasteiger partial charge is 0.336 e. The Bertz CT molecular complexity index is 832. The van der Waals surface area contributed by atoms with Crippen LogP contribution in [-0.2, 0) is 14.3 Å². The lowest BCUT2D eigenvalue weighted by Gasteiger charge is -2.35. The summed E-state index contributed by atoms with van der Waals surface area (Å²) in [4.78, 5) is 28.1. The van der Waals surface area contributed by atoms with E-state index >= 15 is 0 Å². The van der Waals surface area contributed by atoms with Gasteiger partial charge in [-0.2, -0.15) is 0 Å². The van der Waals surface area contributed by atoms with Crippen LogP contribution in [-0.4, -0.2) is 31.4 Å². The summed E-state index contributed by atoms with van der Waals surface area (Å²) >= 11 is 0. The number of benzene rings is 1. The van der Waals surface area contributed by atoms with Crippen LogP contribution in [0.4, 0.5) is 5.69 Å². The van der Waals surface area contributed by atoms with Crippen LogP contribution in [0.1, 0.15) is 64.9 Å². The quantitative estimate of drug-likeness (QED) is 0.690. The van der Waals surface area contributed by atoms with Crippen molar-refractivity contribution in [1.29, 1.82) is 0 Å². The van der Waals surface area contributed by atoms with E-state index in [4.69, 9.17) is 4.74 Å². The van der Waals surface area contributed by atoms with Crippen LogP contribution < -0.4 is 10.2 Å². The first-order valence-corrected chi connectivity index (χ1v) is 10.8. The predicted molar refractivity (Wildman–Crippen MR) is 116 cm³/mol.